The number of rotatable bonds is 1. The molecule has 2 nitrogen and oxygen atoms in total. The molecule has 19 heavy (non-hydrogen) atoms. The van der Waals surface area contributed by atoms with Crippen LogP contribution in [0.15, 0.2) is 36.0 Å². The van der Waals surface area contributed by atoms with E-state index in [0.29, 0.717) is 0 Å². The molecule has 2 rings (SSSR count). The summed E-state index contributed by atoms with van der Waals surface area (Å²) in [6, 6.07) is 8.00. The Morgan fingerprint density at radius 1 is 1.26 bits per heavy atom. The van der Waals surface area contributed by atoms with E-state index in [2.05, 4.69) is 0 Å². The number of nitrogens with zero attached hydrogens (tertiary/aromatic N) is 1. The molecule has 0 aliphatic carbocycles. The van der Waals surface area contributed by atoms with E-state index in [1.54, 1.807) is 0 Å². The van der Waals surface area contributed by atoms with Crippen molar-refractivity contribution in [2.24, 2.45) is 0 Å². The highest BCUT2D eigenvalue weighted by Crippen LogP contribution is 2.47. The van der Waals surface area contributed by atoms with Crippen molar-refractivity contribution in [1.82, 2.24) is 0 Å². The first-order valence-corrected chi connectivity index (χ1v) is 6.95. The maximum Gasteiger partial charge on any atom is 0.252 e. The molecule has 0 atom stereocenters. The normalized spacial score (nSPS) is 19.7. The summed E-state index contributed by atoms with van der Waals surface area (Å²) in [5, 5.41) is 0. The number of fused-ring (bicyclic) bond motifs is 1. The second kappa shape index (κ2) is 4.69. The lowest BCUT2D eigenvalue weighted by atomic mass is 9.83. The fourth-order valence-corrected chi connectivity index (χ4v) is 2.63. The zero-order valence-electron chi connectivity index (χ0n) is 10.9. The first-order valence-electron chi connectivity index (χ1n) is 5.82. The third-order valence-electron chi connectivity index (χ3n) is 3.49. The molecule has 0 fully saturated rings. The largest absolute Gasteiger partial charge is 0.347 e. The van der Waals surface area contributed by atoms with Gasteiger partial charge in [-0.15, -0.1) is 0 Å². The number of carbonyl (C=O) groups excluding carboxylic acids is 1. The van der Waals surface area contributed by atoms with Gasteiger partial charge in [-0.05, 0) is 11.6 Å². The molecule has 0 radical (unpaired) electrons. The maximum atomic E-state index is 11.9. The van der Waals surface area contributed by atoms with E-state index in [0.717, 1.165) is 16.9 Å². The summed E-state index contributed by atoms with van der Waals surface area (Å²) >= 11 is 16.9. The predicted octanol–water partition coefficient (Wildman–Crippen LogP) is 4.24. The Balaban J connectivity index is 2.51. The maximum absolute atomic E-state index is 11.9. The molecule has 1 heterocycles. The third kappa shape index (κ3) is 2.49. The number of benzene rings is 1. The Morgan fingerprint density at radius 3 is 2.37 bits per heavy atom. The smallest absolute Gasteiger partial charge is 0.252 e. The van der Waals surface area contributed by atoms with E-state index in [1.807, 2.05) is 50.1 Å². The molecular weight excluding hydrogens is 305 g/mol. The standard InChI is InChI=1S/C14H14Cl3NO/c1-13(2)9-6-4-5-7-10(9)18(3)11(13)8-12(19)14(15,16)17/h4-8H,1-3H3/b11-8-. The highest BCUT2D eigenvalue weighted by molar-refractivity contribution is 6.77. The molecule has 0 amide bonds. The van der Waals surface area contributed by atoms with Gasteiger partial charge in [0, 0.05) is 29.9 Å². The third-order valence-corrected chi connectivity index (χ3v) is 4.05. The van der Waals surface area contributed by atoms with Gasteiger partial charge in [0.05, 0.1) is 0 Å². The number of alkyl halides is 3. The van der Waals surface area contributed by atoms with Gasteiger partial charge >= 0.3 is 0 Å². The van der Waals surface area contributed by atoms with Crippen molar-refractivity contribution < 1.29 is 4.79 Å². The fourth-order valence-electron chi connectivity index (χ4n) is 2.46. The van der Waals surface area contributed by atoms with E-state index in [4.69, 9.17) is 34.8 Å². The van der Waals surface area contributed by atoms with Crippen LogP contribution in [0.5, 0.6) is 0 Å². The van der Waals surface area contributed by atoms with Crippen LogP contribution in [-0.4, -0.2) is 16.6 Å². The molecule has 1 aliphatic heterocycles. The second-order valence-electron chi connectivity index (χ2n) is 5.09. The second-order valence-corrected chi connectivity index (χ2v) is 7.37. The van der Waals surface area contributed by atoms with Gasteiger partial charge in [-0.25, -0.2) is 0 Å². The van der Waals surface area contributed by atoms with Gasteiger partial charge in [-0.2, -0.15) is 0 Å². The van der Waals surface area contributed by atoms with Crippen LogP contribution in [0.1, 0.15) is 19.4 Å². The summed E-state index contributed by atoms with van der Waals surface area (Å²) in [7, 11) is 1.91. The minimum Gasteiger partial charge on any atom is -0.347 e. The summed E-state index contributed by atoms with van der Waals surface area (Å²) in [5.41, 5.74) is 2.75. The molecule has 1 aromatic rings. The Kier molecular flexibility index (Phi) is 3.63. The summed E-state index contributed by atoms with van der Waals surface area (Å²) < 4.78 is -1.92. The summed E-state index contributed by atoms with van der Waals surface area (Å²) in [4.78, 5) is 13.9. The minimum atomic E-state index is -1.92. The number of ketones is 1. The number of hydrogen-bond acceptors (Lipinski definition) is 2. The van der Waals surface area contributed by atoms with Crippen molar-refractivity contribution in [3.63, 3.8) is 0 Å². The van der Waals surface area contributed by atoms with Crippen LogP contribution in [0.4, 0.5) is 5.69 Å². The van der Waals surface area contributed by atoms with E-state index in [9.17, 15) is 4.79 Å². The highest BCUT2D eigenvalue weighted by Gasteiger charge is 2.40. The molecule has 0 N–H and O–H groups in total. The lowest BCUT2D eigenvalue weighted by Crippen LogP contribution is -2.26. The fraction of sp³-hybridized carbons (Fsp3) is 0.357. The quantitative estimate of drug-likeness (QED) is 0.570. The molecule has 102 valence electrons. The molecular formula is C14H14Cl3NO. The molecule has 0 spiro atoms. The van der Waals surface area contributed by atoms with E-state index in [1.165, 1.54) is 6.08 Å². The zero-order chi connectivity index (χ0) is 14.4. The molecule has 5 heteroatoms. The Morgan fingerprint density at radius 2 is 1.84 bits per heavy atom. The van der Waals surface area contributed by atoms with E-state index < -0.39 is 9.58 Å². The van der Waals surface area contributed by atoms with Gasteiger partial charge in [0.1, 0.15) is 0 Å². The van der Waals surface area contributed by atoms with Crippen LogP contribution in [-0.2, 0) is 10.2 Å². The van der Waals surface area contributed by atoms with Crippen LogP contribution in [0.3, 0.4) is 0 Å². The summed E-state index contributed by atoms with van der Waals surface area (Å²) in [6.07, 6.45) is 1.42. The Labute approximate surface area is 127 Å². The van der Waals surface area contributed by atoms with Gasteiger partial charge in [-0.3, -0.25) is 4.79 Å². The number of para-hydroxylation sites is 1. The van der Waals surface area contributed by atoms with Crippen molar-refractivity contribution >= 4 is 46.3 Å². The SMILES string of the molecule is CN1/C(=C\C(=O)C(Cl)(Cl)Cl)C(C)(C)c2ccccc21. The number of likely N-dealkylation sites (N-methyl/N-ethyl adjacent to an activating group) is 1. The average molecular weight is 319 g/mol. The predicted molar refractivity (Wildman–Crippen MR) is 81.3 cm³/mol. The minimum absolute atomic E-state index is 0.295. The Hall–Kier alpha value is -0.700. The van der Waals surface area contributed by atoms with E-state index >= 15 is 0 Å². The van der Waals surface area contributed by atoms with Crippen LogP contribution in [0.25, 0.3) is 0 Å². The van der Waals surface area contributed by atoms with Crippen molar-refractivity contribution in [1.29, 1.82) is 0 Å². The number of halogens is 3. The first-order chi connectivity index (χ1) is 8.65. The molecule has 0 unspecified atom stereocenters. The van der Waals surface area contributed by atoms with Gasteiger partial charge in [0.15, 0.2) is 0 Å². The molecule has 0 bridgehead atoms. The van der Waals surface area contributed by atoms with E-state index in [-0.39, 0.29) is 5.41 Å². The van der Waals surface area contributed by atoms with Gasteiger partial charge in [0.25, 0.3) is 3.79 Å². The molecule has 0 saturated heterocycles. The zero-order valence-corrected chi connectivity index (χ0v) is 13.1. The number of carbonyl (C=O) groups is 1. The number of hydrogen-bond donors (Lipinski definition) is 0. The number of anilines is 1. The van der Waals surface area contributed by atoms with Gasteiger partial charge in [-0.1, -0.05) is 66.8 Å². The number of allylic oxidation sites excluding steroid dienone is 2. The van der Waals surface area contributed by atoms with Gasteiger partial charge in [0.2, 0.25) is 5.78 Å². The summed E-state index contributed by atoms with van der Waals surface area (Å²) in [6.45, 7) is 4.10. The first kappa shape index (κ1) is 14.7. The van der Waals surface area contributed by atoms with Gasteiger partial charge < -0.3 is 4.90 Å². The lowest BCUT2D eigenvalue weighted by molar-refractivity contribution is -0.113. The molecule has 0 aromatic heterocycles. The highest BCUT2D eigenvalue weighted by atomic mass is 35.6. The molecule has 0 saturated carbocycles. The Bertz CT molecular complexity index is 558. The monoisotopic (exact) mass is 317 g/mol. The van der Waals surface area contributed by atoms with Crippen LogP contribution in [0.2, 0.25) is 0 Å². The van der Waals surface area contributed by atoms with Crippen LogP contribution >= 0.6 is 34.8 Å². The summed E-state index contributed by atoms with van der Waals surface area (Å²) in [5.74, 6) is -0.528. The van der Waals surface area contributed by atoms with Crippen molar-refractivity contribution in [2.45, 2.75) is 23.1 Å². The average Bonchev–Trinajstić information content (AvgIpc) is 2.50. The van der Waals surface area contributed by atoms with Crippen LogP contribution < -0.4 is 4.90 Å². The van der Waals surface area contributed by atoms with Crippen molar-refractivity contribution in [2.75, 3.05) is 11.9 Å². The van der Waals surface area contributed by atoms with Crippen molar-refractivity contribution in [3.8, 4) is 0 Å². The lowest BCUT2D eigenvalue weighted by Gasteiger charge is -2.24. The van der Waals surface area contributed by atoms with Crippen LogP contribution in [0, 0.1) is 0 Å². The molecule has 1 aliphatic rings. The molecule has 1 aromatic carbocycles. The van der Waals surface area contributed by atoms with Crippen molar-refractivity contribution in [3.05, 3.63) is 41.6 Å². The topological polar surface area (TPSA) is 20.3 Å².